The summed E-state index contributed by atoms with van der Waals surface area (Å²) in [6.45, 7) is 0. The highest BCUT2D eigenvalue weighted by Gasteiger charge is 2.42. The molecule has 0 radical (unpaired) electrons. The third-order valence-electron chi connectivity index (χ3n) is 5.36. The standard InChI is InChI=1S/C22H21NOS/c1-23(21(24)17-8-4-2-5-9-17)22(19-10-6-3-7-11-19)14-12-20-18(16-22)13-15-25-20/h2-11,13,15H,12,14,16H2,1H3. The molecule has 1 atom stereocenters. The number of carbonyl (C=O) groups is 1. The predicted molar refractivity (Wildman–Crippen MR) is 103 cm³/mol. The summed E-state index contributed by atoms with van der Waals surface area (Å²) in [6.07, 6.45) is 2.86. The van der Waals surface area contributed by atoms with Crippen molar-refractivity contribution in [1.82, 2.24) is 4.90 Å². The Hall–Kier alpha value is -2.39. The van der Waals surface area contributed by atoms with Gasteiger partial charge in [-0.1, -0.05) is 48.5 Å². The number of aryl methyl sites for hydroxylation is 1. The van der Waals surface area contributed by atoms with Crippen LogP contribution in [-0.2, 0) is 18.4 Å². The van der Waals surface area contributed by atoms with Crippen LogP contribution in [0.1, 0.15) is 32.8 Å². The lowest BCUT2D eigenvalue weighted by molar-refractivity contribution is 0.0507. The van der Waals surface area contributed by atoms with Crippen LogP contribution in [-0.4, -0.2) is 17.9 Å². The van der Waals surface area contributed by atoms with E-state index in [1.807, 2.05) is 59.7 Å². The van der Waals surface area contributed by atoms with Crippen LogP contribution >= 0.6 is 11.3 Å². The Bertz CT molecular complexity index is 871. The fourth-order valence-electron chi connectivity index (χ4n) is 3.91. The smallest absolute Gasteiger partial charge is 0.254 e. The zero-order chi connectivity index (χ0) is 17.3. The highest BCUT2D eigenvalue weighted by Crippen LogP contribution is 2.42. The minimum absolute atomic E-state index is 0.0862. The van der Waals surface area contributed by atoms with Crippen LogP contribution in [0.5, 0.6) is 0 Å². The quantitative estimate of drug-likeness (QED) is 0.659. The molecule has 1 aromatic heterocycles. The van der Waals surface area contributed by atoms with E-state index in [2.05, 4.69) is 35.7 Å². The number of nitrogens with zero attached hydrogens (tertiary/aromatic N) is 1. The lowest BCUT2D eigenvalue weighted by Gasteiger charge is -2.45. The van der Waals surface area contributed by atoms with Gasteiger partial charge in [0.05, 0.1) is 5.54 Å². The third kappa shape index (κ3) is 2.79. The van der Waals surface area contributed by atoms with Crippen molar-refractivity contribution in [2.24, 2.45) is 0 Å². The molecule has 3 aromatic rings. The molecule has 1 heterocycles. The maximum atomic E-state index is 13.2. The van der Waals surface area contributed by atoms with Gasteiger partial charge >= 0.3 is 0 Å². The number of benzene rings is 2. The summed E-state index contributed by atoms with van der Waals surface area (Å²) in [5, 5.41) is 2.17. The second kappa shape index (κ2) is 6.49. The molecule has 1 unspecified atom stereocenters. The summed E-state index contributed by atoms with van der Waals surface area (Å²) in [5.74, 6) is 0.0862. The molecule has 3 heteroatoms. The number of hydrogen-bond donors (Lipinski definition) is 0. The second-order valence-corrected chi connectivity index (χ2v) is 7.67. The number of fused-ring (bicyclic) bond motifs is 1. The second-order valence-electron chi connectivity index (χ2n) is 6.67. The minimum Gasteiger partial charge on any atom is -0.332 e. The molecule has 0 aliphatic heterocycles. The molecule has 2 nitrogen and oxygen atoms in total. The molecule has 0 bridgehead atoms. The first kappa shape index (κ1) is 16.1. The van der Waals surface area contributed by atoms with E-state index in [1.165, 1.54) is 16.0 Å². The Labute approximate surface area is 152 Å². The van der Waals surface area contributed by atoms with Gasteiger partial charge < -0.3 is 4.90 Å². The van der Waals surface area contributed by atoms with E-state index >= 15 is 0 Å². The number of amides is 1. The first-order valence-corrected chi connectivity index (χ1v) is 9.53. The molecule has 0 saturated carbocycles. The Morgan fingerprint density at radius 2 is 1.68 bits per heavy atom. The minimum atomic E-state index is -0.289. The molecule has 126 valence electrons. The third-order valence-corrected chi connectivity index (χ3v) is 6.39. The van der Waals surface area contributed by atoms with Crippen LogP contribution in [0, 0.1) is 0 Å². The lowest BCUT2D eigenvalue weighted by Crippen LogP contribution is -2.50. The number of thiophene rings is 1. The van der Waals surface area contributed by atoms with Crippen molar-refractivity contribution in [1.29, 1.82) is 0 Å². The fraction of sp³-hybridized carbons (Fsp3) is 0.227. The molecule has 25 heavy (non-hydrogen) atoms. The van der Waals surface area contributed by atoms with E-state index in [-0.39, 0.29) is 11.4 Å². The zero-order valence-electron chi connectivity index (χ0n) is 14.3. The zero-order valence-corrected chi connectivity index (χ0v) is 15.1. The number of carbonyl (C=O) groups excluding carboxylic acids is 1. The molecule has 0 fully saturated rings. The van der Waals surface area contributed by atoms with Gasteiger partial charge in [-0.3, -0.25) is 4.79 Å². The van der Waals surface area contributed by atoms with E-state index in [1.54, 1.807) is 0 Å². The van der Waals surface area contributed by atoms with Crippen LogP contribution < -0.4 is 0 Å². The number of hydrogen-bond acceptors (Lipinski definition) is 2. The summed E-state index contributed by atoms with van der Waals surface area (Å²) in [7, 11) is 1.96. The van der Waals surface area contributed by atoms with Crippen LogP contribution in [0.25, 0.3) is 0 Å². The van der Waals surface area contributed by atoms with Gasteiger partial charge in [0.1, 0.15) is 0 Å². The van der Waals surface area contributed by atoms with Crippen molar-refractivity contribution in [3.05, 3.63) is 93.7 Å². The van der Waals surface area contributed by atoms with Crippen LogP contribution in [0.2, 0.25) is 0 Å². The van der Waals surface area contributed by atoms with Gasteiger partial charge in [-0.05, 0) is 47.5 Å². The summed E-state index contributed by atoms with van der Waals surface area (Å²) in [6, 6.07) is 22.3. The van der Waals surface area contributed by atoms with E-state index in [4.69, 9.17) is 0 Å². The van der Waals surface area contributed by atoms with Gasteiger partial charge in [-0.15, -0.1) is 11.3 Å². The van der Waals surface area contributed by atoms with Gasteiger partial charge in [-0.25, -0.2) is 0 Å². The molecule has 0 spiro atoms. The van der Waals surface area contributed by atoms with Crippen LogP contribution in [0.3, 0.4) is 0 Å². The monoisotopic (exact) mass is 347 g/mol. The maximum absolute atomic E-state index is 13.2. The van der Waals surface area contributed by atoms with Crippen molar-refractivity contribution in [3.63, 3.8) is 0 Å². The Morgan fingerprint density at radius 1 is 1.00 bits per heavy atom. The largest absolute Gasteiger partial charge is 0.332 e. The highest BCUT2D eigenvalue weighted by molar-refractivity contribution is 7.10. The predicted octanol–water partition coefficient (Wildman–Crippen LogP) is 4.90. The average Bonchev–Trinajstić information content (AvgIpc) is 3.15. The van der Waals surface area contributed by atoms with Gasteiger partial charge in [-0.2, -0.15) is 0 Å². The number of rotatable bonds is 3. The van der Waals surface area contributed by atoms with Crippen LogP contribution in [0.15, 0.2) is 72.1 Å². The first-order chi connectivity index (χ1) is 12.2. The fourth-order valence-corrected chi connectivity index (χ4v) is 4.82. The SMILES string of the molecule is CN(C(=O)c1ccccc1)C1(c2ccccc2)CCc2sccc2C1. The Kier molecular flexibility index (Phi) is 4.18. The van der Waals surface area contributed by atoms with Crippen molar-refractivity contribution in [3.8, 4) is 0 Å². The molecule has 4 rings (SSSR count). The Balaban J connectivity index is 1.78. The van der Waals surface area contributed by atoms with Gasteiger partial charge in [0, 0.05) is 23.9 Å². The normalized spacial score (nSPS) is 19.2. The number of likely N-dealkylation sites (N-methyl/N-ethyl adjacent to an activating group) is 1. The summed E-state index contributed by atoms with van der Waals surface area (Å²) >= 11 is 1.83. The molecule has 1 amide bonds. The van der Waals surface area contributed by atoms with Gasteiger partial charge in [0.2, 0.25) is 0 Å². The lowest BCUT2D eigenvalue weighted by atomic mass is 9.75. The van der Waals surface area contributed by atoms with Crippen molar-refractivity contribution >= 4 is 17.2 Å². The molecule has 1 aliphatic carbocycles. The summed E-state index contributed by atoms with van der Waals surface area (Å²) in [5.41, 5.74) is 3.06. The highest BCUT2D eigenvalue weighted by atomic mass is 32.1. The van der Waals surface area contributed by atoms with E-state index in [9.17, 15) is 4.79 Å². The van der Waals surface area contributed by atoms with E-state index < -0.39 is 0 Å². The molecule has 0 N–H and O–H groups in total. The molecule has 0 saturated heterocycles. The van der Waals surface area contributed by atoms with E-state index in [0.717, 1.165) is 24.8 Å². The molecule has 2 aromatic carbocycles. The van der Waals surface area contributed by atoms with Crippen molar-refractivity contribution in [2.45, 2.75) is 24.8 Å². The maximum Gasteiger partial charge on any atom is 0.254 e. The molecule has 1 aliphatic rings. The van der Waals surface area contributed by atoms with Crippen LogP contribution in [0.4, 0.5) is 0 Å². The Morgan fingerprint density at radius 3 is 2.40 bits per heavy atom. The topological polar surface area (TPSA) is 20.3 Å². The molecular formula is C22H21NOS. The van der Waals surface area contributed by atoms with Crippen molar-refractivity contribution < 1.29 is 4.79 Å². The van der Waals surface area contributed by atoms with Crippen molar-refractivity contribution in [2.75, 3.05) is 7.05 Å². The average molecular weight is 347 g/mol. The van der Waals surface area contributed by atoms with Gasteiger partial charge in [0.15, 0.2) is 0 Å². The first-order valence-electron chi connectivity index (χ1n) is 8.65. The van der Waals surface area contributed by atoms with Gasteiger partial charge in [0.25, 0.3) is 5.91 Å². The summed E-state index contributed by atoms with van der Waals surface area (Å²) < 4.78 is 0. The molecular weight excluding hydrogens is 326 g/mol. The summed E-state index contributed by atoms with van der Waals surface area (Å²) in [4.78, 5) is 16.6. The van der Waals surface area contributed by atoms with E-state index in [0.29, 0.717) is 0 Å².